The first kappa shape index (κ1) is 19.2. The van der Waals surface area contributed by atoms with E-state index in [1.165, 1.54) is 12.8 Å². The van der Waals surface area contributed by atoms with E-state index in [9.17, 15) is 9.59 Å². The second-order valence-electron chi connectivity index (χ2n) is 8.67. The van der Waals surface area contributed by atoms with Gasteiger partial charge in [-0.2, -0.15) is 0 Å². The summed E-state index contributed by atoms with van der Waals surface area (Å²) >= 11 is 0. The molecule has 0 radical (unpaired) electrons. The van der Waals surface area contributed by atoms with Gasteiger partial charge in [0.15, 0.2) is 0 Å². The number of hydrogen-bond donors (Lipinski definition) is 1. The molecular formula is C21H33N3O2. The van der Waals surface area contributed by atoms with Gasteiger partial charge in [0.05, 0.1) is 0 Å². The van der Waals surface area contributed by atoms with E-state index >= 15 is 0 Å². The summed E-state index contributed by atoms with van der Waals surface area (Å²) in [5.41, 5.74) is 0.881. The van der Waals surface area contributed by atoms with Crippen molar-refractivity contribution < 1.29 is 4.79 Å². The number of amides is 1. The van der Waals surface area contributed by atoms with Crippen LogP contribution in [-0.2, 0) is 0 Å². The number of aromatic nitrogens is 1. The Labute approximate surface area is 156 Å². The molecule has 5 heteroatoms. The summed E-state index contributed by atoms with van der Waals surface area (Å²) in [6.45, 7) is 12.2. The Balaban J connectivity index is 1.77. The molecule has 144 valence electrons. The number of aromatic amines is 1. The van der Waals surface area contributed by atoms with Crippen molar-refractivity contribution in [2.45, 2.75) is 58.9 Å². The standard InChI is InChI=1S/C21H33N3O2/c1-14(2)18-9-8-17(20(25)22-18)21(26)24-11-5-10-23(12-16-6-7-16)19(13-24)15(3)4/h8-9,14-16,19H,5-7,10-13H2,1-4H3,(H,22,25). The van der Waals surface area contributed by atoms with Crippen molar-refractivity contribution in [2.24, 2.45) is 11.8 Å². The molecule has 0 spiro atoms. The van der Waals surface area contributed by atoms with Gasteiger partial charge in [0, 0.05) is 37.9 Å². The van der Waals surface area contributed by atoms with Crippen LogP contribution in [0.15, 0.2) is 16.9 Å². The molecule has 2 aliphatic rings. The van der Waals surface area contributed by atoms with E-state index in [4.69, 9.17) is 0 Å². The zero-order valence-corrected chi connectivity index (χ0v) is 16.6. The van der Waals surface area contributed by atoms with Gasteiger partial charge >= 0.3 is 0 Å². The summed E-state index contributed by atoms with van der Waals surface area (Å²) in [4.78, 5) is 32.8. The molecule has 26 heavy (non-hydrogen) atoms. The first-order chi connectivity index (χ1) is 12.4. The van der Waals surface area contributed by atoms with E-state index in [2.05, 4.69) is 23.7 Å². The van der Waals surface area contributed by atoms with Gasteiger partial charge in [-0.15, -0.1) is 0 Å². The Morgan fingerprint density at radius 2 is 1.92 bits per heavy atom. The van der Waals surface area contributed by atoms with Crippen LogP contribution in [0.3, 0.4) is 0 Å². The maximum Gasteiger partial charge on any atom is 0.261 e. The maximum absolute atomic E-state index is 13.1. The predicted octanol–water partition coefficient (Wildman–Crippen LogP) is 3.08. The van der Waals surface area contributed by atoms with Crippen LogP contribution < -0.4 is 5.56 Å². The first-order valence-corrected chi connectivity index (χ1v) is 10.1. The highest BCUT2D eigenvalue weighted by Crippen LogP contribution is 2.32. The molecule has 1 aromatic heterocycles. The summed E-state index contributed by atoms with van der Waals surface area (Å²) in [6, 6.07) is 3.94. The summed E-state index contributed by atoms with van der Waals surface area (Å²) in [5, 5.41) is 0. The minimum Gasteiger partial charge on any atom is -0.337 e. The second kappa shape index (κ2) is 7.95. The highest BCUT2D eigenvalue weighted by molar-refractivity contribution is 5.93. The third-order valence-corrected chi connectivity index (χ3v) is 5.78. The predicted molar refractivity (Wildman–Crippen MR) is 105 cm³/mol. The van der Waals surface area contributed by atoms with Gasteiger partial charge in [-0.3, -0.25) is 14.5 Å². The molecule has 1 aliphatic heterocycles. The van der Waals surface area contributed by atoms with E-state index < -0.39 is 0 Å². The van der Waals surface area contributed by atoms with Crippen molar-refractivity contribution in [1.29, 1.82) is 0 Å². The Morgan fingerprint density at radius 1 is 1.19 bits per heavy atom. The third kappa shape index (κ3) is 4.37. The molecule has 1 N–H and O–H groups in total. The lowest BCUT2D eigenvalue weighted by Gasteiger charge is -2.34. The molecule has 1 amide bonds. The summed E-state index contributed by atoms with van der Waals surface area (Å²) < 4.78 is 0. The third-order valence-electron chi connectivity index (χ3n) is 5.78. The molecule has 0 aromatic carbocycles. The van der Waals surface area contributed by atoms with Crippen LogP contribution in [0.1, 0.15) is 68.9 Å². The average Bonchev–Trinajstić information content (AvgIpc) is 3.41. The van der Waals surface area contributed by atoms with Crippen LogP contribution in [0.5, 0.6) is 0 Å². The van der Waals surface area contributed by atoms with E-state index in [0.29, 0.717) is 18.5 Å². The zero-order valence-electron chi connectivity index (χ0n) is 16.6. The van der Waals surface area contributed by atoms with E-state index in [1.54, 1.807) is 6.07 Å². The van der Waals surface area contributed by atoms with Crippen molar-refractivity contribution in [3.8, 4) is 0 Å². The zero-order chi connectivity index (χ0) is 18.8. The highest BCUT2D eigenvalue weighted by Gasteiger charge is 2.33. The number of hydrogen-bond acceptors (Lipinski definition) is 3. The van der Waals surface area contributed by atoms with E-state index in [1.807, 2.05) is 24.8 Å². The number of carbonyl (C=O) groups is 1. The molecule has 1 aliphatic carbocycles. The molecule has 5 nitrogen and oxygen atoms in total. The summed E-state index contributed by atoms with van der Waals surface area (Å²) in [7, 11) is 0. The lowest BCUT2D eigenvalue weighted by Crippen LogP contribution is -2.47. The van der Waals surface area contributed by atoms with Crippen molar-refractivity contribution in [3.63, 3.8) is 0 Å². The van der Waals surface area contributed by atoms with Gasteiger partial charge < -0.3 is 9.88 Å². The SMILES string of the molecule is CC(C)c1ccc(C(=O)N2CCCN(CC3CC3)C(C(C)C)C2)c(=O)[nH]1. The largest absolute Gasteiger partial charge is 0.337 e. The van der Waals surface area contributed by atoms with E-state index in [-0.39, 0.29) is 22.9 Å². The van der Waals surface area contributed by atoms with Gasteiger partial charge in [0.2, 0.25) is 0 Å². The monoisotopic (exact) mass is 359 g/mol. The molecule has 1 aromatic rings. The number of nitrogens with one attached hydrogen (secondary N) is 1. The fourth-order valence-corrected chi connectivity index (χ4v) is 3.90. The number of nitrogens with zero attached hydrogens (tertiary/aromatic N) is 2. The van der Waals surface area contributed by atoms with Crippen LogP contribution >= 0.6 is 0 Å². The van der Waals surface area contributed by atoms with Gasteiger partial charge in [-0.25, -0.2) is 0 Å². The number of carbonyl (C=O) groups excluding carboxylic acids is 1. The lowest BCUT2D eigenvalue weighted by atomic mass is 10.0. The summed E-state index contributed by atoms with van der Waals surface area (Å²) in [5.74, 6) is 1.46. The normalized spacial score (nSPS) is 22.1. The van der Waals surface area contributed by atoms with Gasteiger partial charge in [-0.05, 0) is 49.1 Å². The van der Waals surface area contributed by atoms with Gasteiger partial charge in [0.1, 0.15) is 5.56 Å². The fourth-order valence-electron chi connectivity index (χ4n) is 3.90. The maximum atomic E-state index is 13.1. The quantitative estimate of drug-likeness (QED) is 0.879. The number of H-pyrrole nitrogens is 1. The highest BCUT2D eigenvalue weighted by atomic mass is 16.2. The van der Waals surface area contributed by atoms with Crippen LogP contribution in [0, 0.1) is 11.8 Å². The lowest BCUT2D eigenvalue weighted by molar-refractivity contribution is 0.0702. The van der Waals surface area contributed by atoms with Gasteiger partial charge in [0.25, 0.3) is 11.5 Å². The molecule has 1 unspecified atom stereocenters. The summed E-state index contributed by atoms with van der Waals surface area (Å²) in [6.07, 6.45) is 3.67. The molecule has 0 bridgehead atoms. The number of pyridine rings is 1. The molecule has 1 saturated carbocycles. The second-order valence-corrected chi connectivity index (χ2v) is 8.67. The van der Waals surface area contributed by atoms with Crippen molar-refractivity contribution in [3.05, 3.63) is 33.7 Å². The van der Waals surface area contributed by atoms with Crippen LogP contribution in [0.25, 0.3) is 0 Å². The van der Waals surface area contributed by atoms with Crippen molar-refractivity contribution in [1.82, 2.24) is 14.8 Å². The number of rotatable bonds is 5. The molecular weight excluding hydrogens is 326 g/mol. The first-order valence-electron chi connectivity index (χ1n) is 10.1. The Kier molecular flexibility index (Phi) is 5.86. The van der Waals surface area contributed by atoms with Crippen LogP contribution in [-0.4, -0.2) is 52.9 Å². The molecule has 2 heterocycles. The molecule has 3 rings (SSSR count). The Hall–Kier alpha value is -1.62. The average molecular weight is 360 g/mol. The minimum absolute atomic E-state index is 0.125. The van der Waals surface area contributed by atoms with Crippen LogP contribution in [0.4, 0.5) is 0 Å². The van der Waals surface area contributed by atoms with E-state index in [0.717, 1.165) is 37.7 Å². The van der Waals surface area contributed by atoms with Gasteiger partial charge in [-0.1, -0.05) is 27.7 Å². The minimum atomic E-state index is -0.263. The fraction of sp³-hybridized carbons (Fsp3) is 0.714. The smallest absolute Gasteiger partial charge is 0.261 e. The molecule has 1 atom stereocenters. The van der Waals surface area contributed by atoms with Crippen LogP contribution in [0.2, 0.25) is 0 Å². The Bertz CT molecular complexity index is 691. The van der Waals surface area contributed by atoms with Crippen molar-refractivity contribution >= 4 is 5.91 Å². The van der Waals surface area contributed by atoms with Crippen molar-refractivity contribution in [2.75, 3.05) is 26.2 Å². The topological polar surface area (TPSA) is 56.4 Å². The molecule has 2 fully saturated rings. The molecule has 1 saturated heterocycles. The Morgan fingerprint density at radius 3 is 2.50 bits per heavy atom.